The predicted octanol–water partition coefficient (Wildman–Crippen LogP) is 0.342. The average molecular weight is 232 g/mol. The first kappa shape index (κ1) is 12.5. The summed E-state index contributed by atoms with van der Waals surface area (Å²) in [4.78, 5) is 0. The van der Waals surface area contributed by atoms with Crippen LogP contribution in [0.25, 0.3) is 5.41 Å². The Bertz CT molecular complexity index is 674. The molecular weight excluding hydrogens is 230 g/mol. The Morgan fingerprint density at radius 3 is 1.94 bits per heavy atom. The molecule has 7 nitrogen and oxygen atoms in total. The minimum atomic E-state index is -1.38. The Hall–Kier alpha value is -3.60. The summed E-state index contributed by atoms with van der Waals surface area (Å²) in [6, 6.07) is 8.04. The molecule has 0 aromatic rings. The van der Waals surface area contributed by atoms with E-state index in [-0.39, 0.29) is 22.4 Å². The third-order valence-electron chi connectivity index (χ3n) is 2.14. The largest absolute Gasteiger partial charge is 0.464 e. The predicted molar refractivity (Wildman–Crippen MR) is 57.1 cm³/mol. The molecule has 1 aliphatic rings. The molecule has 0 aromatic carbocycles. The zero-order valence-corrected chi connectivity index (χ0v) is 8.76. The molecule has 1 aliphatic heterocycles. The van der Waals surface area contributed by atoms with Gasteiger partial charge in [-0.3, -0.25) is 0 Å². The van der Waals surface area contributed by atoms with Gasteiger partial charge in [-0.1, -0.05) is 0 Å². The van der Waals surface area contributed by atoms with Crippen molar-refractivity contribution in [2.45, 2.75) is 0 Å². The van der Waals surface area contributed by atoms with Crippen LogP contribution in [0, 0.1) is 62.6 Å². The van der Waals surface area contributed by atoms with E-state index in [1.807, 2.05) is 0 Å². The molecule has 82 valence electrons. The summed E-state index contributed by atoms with van der Waals surface area (Å²) in [7, 11) is 0. The van der Waals surface area contributed by atoms with Gasteiger partial charge in [0.15, 0.2) is 5.92 Å². The van der Waals surface area contributed by atoms with Crippen molar-refractivity contribution in [2.24, 2.45) is 5.92 Å². The summed E-state index contributed by atoms with van der Waals surface area (Å²) in [6.45, 7) is 0. The van der Waals surface area contributed by atoms with Gasteiger partial charge in [0.25, 0.3) is 0 Å². The van der Waals surface area contributed by atoms with E-state index in [1.165, 1.54) is 0 Å². The molecule has 0 atom stereocenters. The molecule has 1 heterocycles. The maximum atomic E-state index is 9.40. The van der Waals surface area contributed by atoms with Gasteiger partial charge in [0, 0.05) is 0 Å². The number of nitrogens with zero attached hydrogens (tertiary/aromatic N) is 6. The second kappa shape index (κ2) is 4.95. The second-order valence-electron chi connectivity index (χ2n) is 3.04. The van der Waals surface area contributed by atoms with Crippen LogP contribution in [-0.2, 0) is 0 Å². The van der Waals surface area contributed by atoms with Gasteiger partial charge < -0.3 is 10.7 Å². The van der Waals surface area contributed by atoms with Crippen molar-refractivity contribution in [1.82, 2.24) is 5.32 Å². The summed E-state index contributed by atoms with van der Waals surface area (Å²) in [5, 5.41) is 55.7. The normalized spacial score (nSPS) is 15.9. The molecule has 0 aromatic heterocycles. The maximum absolute atomic E-state index is 9.40. The number of nitriles is 5. The van der Waals surface area contributed by atoms with E-state index in [1.54, 1.807) is 30.3 Å². The summed E-state index contributed by atoms with van der Waals surface area (Å²) >= 11 is 0. The Labute approximate surface area is 102 Å². The van der Waals surface area contributed by atoms with E-state index in [2.05, 4.69) is 5.32 Å². The van der Waals surface area contributed by atoms with E-state index in [0.29, 0.717) is 0 Å². The fraction of sp³-hybridized carbons (Fsp3) is 0.0909. The van der Waals surface area contributed by atoms with E-state index in [9.17, 15) is 5.41 Å². The van der Waals surface area contributed by atoms with Crippen LogP contribution in [0.1, 0.15) is 0 Å². The lowest BCUT2D eigenvalue weighted by molar-refractivity contribution is 0.990. The molecular formula is C11H2N7-. The quantitative estimate of drug-likeness (QED) is 0.643. The molecule has 0 spiro atoms. The van der Waals surface area contributed by atoms with Crippen LogP contribution in [0.2, 0.25) is 0 Å². The van der Waals surface area contributed by atoms with Crippen LogP contribution in [0.5, 0.6) is 0 Å². The van der Waals surface area contributed by atoms with Crippen LogP contribution in [-0.4, -0.2) is 5.84 Å². The molecule has 0 aliphatic carbocycles. The van der Waals surface area contributed by atoms with Gasteiger partial charge in [-0.15, -0.1) is 0 Å². The van der Waals surface area contributed by atoms with Gasteiger partial charge in [0.1, 0.15) is 12.1 Å². The summed E-state index contributed by atoms with van der Waals surface area (Å²) in [5.41, 5.74) is -1.08. The van der Waals surface area contributed by atoms with E-state index >= 15 is 0 Å². The molecule has 1 N–H and O–H groups in total. The highest BCUT2D eigenvalue weighted by Gasteiger charge is 2.25. The van der Waals surface area contributed by atoms with Gasteiger partial charge in [-0.05, 0) is 11.5 Å². The number of rotatable bonds is 1. The molecule has 1 rings (SSSR count). The van der Waals surface area contributed by atoms with Crippen LogP contribution < -0.4 is 5.32 Å². The lowest BCUT2D eigenvalue weighted by atomic mass is 9.98. The first-order valence-electron chi connectivity index (χ1n) is 4.46. The van der Waals surface area contributed by atoms with Crippen LogP contribution >= 0.6 is 0 Å². The van der Waals surface area contributed by atoms with Crippen molar-refractivity contribution in [2.75, 3.05) is 0 Å². The molecule has 7 heteroatoms. The average Bonchev–Trinajstić information content (AvgIpc) is 2.71. The number of allylic oxidation sites excluding steroid dienone is 2. The fourth-order valence-electron chi connectivity index (χ4n) is 1.33. The zero-order valence-electron chi connectivity index (χ0n) is 8.76. The number of hydrogen-bond acceptors (Lipinski definition) is 5. The summed E-state index contributed by atoms with van der Waals surface area (Å²) < 4.78 is 0. The number of amidine groups is 1. The highest BCUT2D eigenvalue weighted by Crippen LogP contribution is 2.26. The van der Waals surface area contributed by atoms with Crippen LogP contribution in [0.3, 0.4) is 0 Å². The van der Waals surface area contributed by atoms with Gasteiger partial charge in [0.05, 0.1) is 34.9 Å². The monoisotopic (exact) mass is 232 g/mol. The van der Waals surface area contributed by atoms with Crippen LogP contribution in [0.4, 0.5) is 0 Å². The van der Waals surface area contributed by atoms with Gasteiger partial charge in [0.2, 0.25) is 0 Å². The second-order valence-corrected chi connectivity index (χ2v) is 3.04. The third kappa shape index (κ3) is 1.74. The Morgan fingerprint density at radius 2 is 1.56 bits per heavy atom. The van der Waals surface area contributed by atoms with Crippen molar-refractivity contribution in [3.05, 3.63) is 27.8 Å². The Morgan fingerprint density at radius 1 is 1.00 bits per heavy atom. The standard InChI is InChI=1S/C11H2N7/c12-1-6(2-13)7(3-14)10-8(4-15)9(5-16)11(17)18-10/h6H,(H-,17,18)/q-1/b10-7-. The van der Waals surface area contributed by atoms with E-state index in [4.69, 9.17) is 26.3 Å². The SMILES string of the molecule is N#CC1=C(C#N)/C(=C(\C#N)C(C#N)C#N)NC1=[N-]. The van der Waals surface area contributed by atoms with Crippen LogP contribution in [0.15, 0.2) is 22.4 Å². The lowest BCUT2D eigenvalue weighted by Gasteiger charge is -2.10. The molecule has 0 bridgehead atoms. The van der Waals surface area contributed by atoms with Crippen molar-refractivity contribution >= 4 is 5.84 Å². The van der Waals surface area contributed by atoms with E-state index < -0.39 is 11.8 Å². The minimum Gasteiger partial charge on any atom is -0.464 e. The molecule has 0 saturated heterocycles. The van der Waals surface area contributed by atoms with Crippen molar-refractivity contribution in [1.29, 1.82) is 26.3 Å². The third-order valence-corrected chi connectivity index (χ3v) is 2.14. The summed E-state index contributed by atoms with van der Waals surface area (Å²) in [5.74, 6) is -1.96. The van der Waals surface area contributed by atoms with E-state index in [0.717, 1.165) is 0 Å². The smallest absolute Gasteiger partial charge is 0.168 e. The first-order chi connectivity index (χ1) is 8.64. The minimum absolute atomic E-state index is 0.179. The number of nitrogens with one attached hydrogen (secondary N) is 1. The van der Waals surface area contributed by atoms with Gasteiger partial charge >= 0.3 is 0 Å². The fourth-order valence-corrected chi connectivity index (χ4v) is 1.33. The molecule has 0 saturated carbocycles. The first-order valence-corrected chi connectivity index (χ1v) is 4.46. The Kier molecular flexibility index (Phi) is 3.43. The van der Waals surface area contributed by atoms with Gasteiger partial charge in [-0.2, -0.15) is 26.3 Å². The molecule has 0 amide bonds. The van der Waals surface area contributed by atoms with Crippen molar-refractivity contribution < 1.29 is 0 Å². The summed E-state index contributed by atoms with van der Waals surface area (Å²) in [6.07, 6.45) is 0. The zero-order chi connectivity index (χ0) is 13.7. The number of hydrogen-bond donors (Lipinski definition) is 1. The maximum Gasteiger partial charge on any atom is 0.168 e. The molecule has 18 heavy (non-hydrogen) atoms. The highest BCUT2D eigenvalue weighted by molar-refractivity contribution is 6.10. The lowest BCUT2D eigenvalue weighted by Crippen LogP contribution is -2.17. The highest BCUT2D eigenvalue weighted by atomic mass is 15.0. The Balaban J connectivity index is 3.59. The van der Waals surface area contributed by atoms with Gasteiger partial charge in [-0.25, -0.2) is 0 Å². The van der Waals surface area contributed by atoms with Crippen molar-refractivity contribution in [3.63, 3.8) is 0 Å². The molecule has 0 radical (unpaired) electrons. The molecule has 0 fully saturated rings. The topological polar surface area (TPSA) is 153 Å². The molecule has 0 unspecified atom stereocenters. The van der Waals surface area contributed by atoms with Crippen molar-refractivity contribution in [3.8, 4) is 30.3 Å².